The SMILES string of the molecule is CCCC(O)NC(CCC)N=O. The molecule has 0 bridgehead atoms. The van der Waals surface area contributed by atoms with Gasteiger partial charge in [0.25, 0.3) is 0 Å². The maximum Gasteiger partial charge on any atom is 0.144 e. The van der Waals surface area contributed by atoms with Crippen molar-refractivity contribution in [2.45, 2.75) is 51.9 Å². The number of hydrogen-bond acceptors (Lipinski definition) is 4. The van der Waals surface area contributed by atoms with Gasteiger partial charge in [0.2, 0.25) is 0 Å². The van der Waals surface area contributed by atoms with E-state index in [4.69, 9.17) is 0 Å². The van der Waals surface area contributed by atoms with Crippen molar-refractivity contribution in [1.82, 2.24) is 5.32 Å². The first-order valence-corrected chi connectivity index (χ1v) is 4.51. The van der Waals surface area contributed by atoms with Crippen molar-refractivity contribution in [1.29, 1.82) is 0 Å². The van der Waals surface area contributed by atoms with E-state index >= 15 is 0 Å². The molecule has 0 aromatic rings. The van der Waals surface area contributed by atoms with E-state index in [0.717, 1.165) is 12.8 Å². The van der Waals surface area contributed by atoms with Crippen molar-refractivity contribution < 1.29 is 5.11 Å². The molecule has 0 amide bonds. The van der Waals surface area contributed by atoms with Crippen LogP contribution in [0.1, 0.15) is 39.5 Å². The lowest BCUT2D eigenvalue weighted by atomic mass is 10.2. The highest BCUT2D eigenvalue weighted by molar-refractivity contribution is 4.64. The number of rotatable bonds is 7. The van der Waals surface area contributed by atoms with Crippen molar-refractivity contribution in [2.75, 3.05) is 0 Å². The summed E-state index contributed by atoms with van der Waals surface area (Å²) in [7, 11) is 0. The second-order valence-corrected chi connectivity index (χ2v) is 2.88. The zero-order valence-electron chi connectivity index (χ0n) is 7.79. The molecule has 0 saturated heterocycles. The van der Waals surface area contributed by atoms with Crippen LogP contribution in [0.4, 0.5) is 0 Å². The fraction of sp³-hybridized carbons (Fsp3) is 1.00. The average molecular weight is 174 g/mol. The molecule has 0 aromatic heterocycles. The molecule has 2 N–H and O–H groups in total. The fourth-order valence-electron chi connectivity index (χ4n) is 1.02. The predicted molar refractivity (Wildman–Crippen MR) is 48.5 cm³/mol. The summed E-state index contributed by atoms with van der Waals surface area (Å²) >= 11 is 0. The monoisotopic (exact) mass is 174 g/mol. The molecule has 0 fully saturated rings. The van der Waals surface area contributed by atoms with Crippen LogP contribution < -0.4 is 5.32 Å². The Morgan fingerprint density at radius 2 is 1.92 bits per heavy atom. The van der Waals surface area contributed by atoms with Crippen LogP contribution in [0.3, 0.4) is 0 Å². The lowest BCUT2D eigenvalue weighted by Crippen LogP contribution is -2.36. The molecule has 0 rings (SSSR count). The summed E-state index contributed by atoms with van der Waals surface area (Å²) in [6.45, 7) is 3.96. The Bertz CT molecular complexity index is 120. The number of hydrogen-bond donors (Lipinski definition) is 2. The molecule has 12 heavy (non-hydrogen) atoms. The van der Waals surface area contributed by atoms with E-state index in [-0.39, 0.29) is 0 Å². The summed E-state index contributed by atoms with van der Waals surface area (Å²) in [5.74, 6) is 0. The van der Waals surface area contributed by atoms with Crippen LogP contribution in [0.2, 0.25) is 0 Å². The van der Waals surface area contributed by atoms with Crippen LogP contribution in [-0.2, 0) is 0 Å². The van der Waals surface area contributed by atoms with Gasteiger partial charge >= 0.3 is 0 Å². The second kappa shape index (κ2) is 7.18. The van der Waals surface area contributed by atoms with Crippen LogP contribution in [0.15, 0.2) is 5.18 Å². The number of nitrogens with one attached hydrogen (secondary N) is 1. The van der Waals surface area contributed by atoms with E-state index < -0.39 is 12.4 Å². The van der Waals surface area contributed by atoms with Gasteiger partial charge in [0, 0.05) is 0 Å². The van der Waals surface area contributed by atoms with Crippen LogP contribution >= 0.6 is 0 Å². The van der Waals surface area contributed by atoms with Gasteiger partial charge in [-0.2, -0.15) is 0 Å². The molecule has 0 heterocycles. The first-order chi connectivity index (χ1) is 5.74. The van der Waals surface area contributed by atoms with Gasteiger partial charge in [0.05, 0.1) is 0 Å². The summed E-state index contributed by atoms with van der Waals surface area (Å²) in [6.07, 6.45) is 2.11. The highest BCUT2D eigenvalue weighted by atomic mass is 16.3. The van der Waals surface area contributed by atoms with Crippen LogP contribution in [0.25, 0.3) is 0 Å². The molecule has 2 unspecified atom stereocenters. The largest absolute Gasteiger partial charge is 0.379 e. The van der Waals surface area contributed by atoms with Crippen LogP contribution in [-0.4, -0.2) is 17.5 Å². The Kier molecular flexibility index (Phi) is 6.90. The Morgan fingerprint density at radius 3 is 2.33 bits per heavy atom. The average Bonchev–Trinajstić information content (AvgIpc) is 2.04. The maximum absolute atomic E-state index is 10.2. The summed E-state index contributed by atoms with van der Waals surface area (Å²) in [5, 5.41) is 14.9. The molecular formula is C8H18N2O2. The summed E-state index contributed by atoms with van der Waals surface area (Å²) in [5.41, 5.74) is 0. The highest BCUT2D eigenvalue weighted by Gasteiger charge is 2.10. The van der Waals surface area contributed by atoms with Gasteiger partial charge in [0.15, 0.2) is 0 Å². The van der Waals surface area contributed by atoms with Crippen molar-refractivity contribution in [3.63, 3.8) is 0 Å². The molecule has 4 heteroatoms. The van der Waals surface area contributed by atoms with Gasteiger partial charge in [-0.05, 0) is 12.8 Å². The third-order valence-corrected chi connectivity index (χ3v) is 1.64. The first kappa shape index (κ1) is 11.5. The Morgan fingerprint density at radius 1 is 1.33 bits per heavy atom. The summed E-state index contributed by atoms with van der Waals surface area (Å²) in [4.78, 5) is 10.2. The number of nitroso groups, excluding NO2 is 1. The van der Waals surface area contributed by atoms with E-state index in [1.54, 1.807) is 0 Å². The predicted octanol–water partition coefficient (Wildman–Crippen LogP) is 1.59. The molecule has 0 aliphatic carbocycles. The minimum atomic E-state index is -0.593. The molecule has 72 valence electrons. The Hall–Kier alpha value is -0.480. The highest BCUT2D eigenvalue weighted by Crippen LogP contribution is 2.01. The van der Waals surface area contributed by atoms with E-state index in [1.165, 1.54) is 0 Å². The number of aliphatic hydroxyl groups excluding tert-OH is 1. The van der Waals surface area contributed by atoms with Gasteiger partial charge in [-0.15, -0.1) is 4.91 Å². The van der Waals surface area contributed by atoms with E-state index in [2.05, 4.69) is 10.5 Å². The molecular weight excluding hydrogens is 156 g/mol. The summed E-state index contributed by atoms with van der Waals surface area (Å²) in [6, 6.07) is 0. The van der Waals surface area contributed by atoms with Crippen LogP contribution in [0.5, 0.6) is 0 Å². The standard InChI is InChI=1S/C8H18N2O2/c1-3-5-7(10-12)9-8(11)6-4-2/h7-9,11H,3-6H2,1-2H3. The molecule has 0 spiro atoms. The summed E-state index contributed by atoms with van der Waals surface area (Å²) < 4.78 is 0. The number of nitrogens with zero attached hydrogens (tertiary/aromatic N) is 1. The lowest BCUT2D eigenvalue weighted by Gasteiger charge is -2.15. The zero-order valence-corrected chi connectivity index (χ0v) is 7.79. The number of aliphatic hydroxyl groups is 1. The minimum absolute atomic E-state index is 0.434. The topological polar surface area (TPSA) is 61.7 Å². The van der Waals surface area contributed by atoms with Crippen molar-refractivity contribution >= 4 is 0 Å². The smallest absolute Gasteiger partial charge is 0.144 e. The minimum Gasteiger partial charge on any atom is -0.379 e. The normalized spacial score (nSPS) is 15.6. The third-order valence-electron chi connectivity index (χ3n) is 1.64. The van der Waals surface area contributed by atoms with Gasteiger partial charge in [-0.3, -0.25) is 5.32 Å². The lowest BCUT2D eigenvalue weighted by molar-refractivity contribution is 0.111. The molecule has 0 aliphatic rings. The van der Waals surface area contributed by atoms with Gasteiger partial charge in [-0.1, -0.05) is 31.9 Å². The molecule has 0 radical (unpaired) electrons. The van der Waals surface area contributed by atoms with E-state index in [1.807, 2.05) is 13.8 Å². The van der Waals surface area contributed by atoms with Crippen molar-refractivity contribution in [2.24, 2.45) is 5.18 Å². The molecule has 0 aromatic carbocycles. The second-order valence-electron chi connectivity index (χ2n) is 2.88. The fourth-order valence-corrected chi connectivity index (χ4v) is 1.02. The van der Waals surface area contributed by atoms with Gasteiger partial charge in [0.1, 0.15) is 12.4 Å². The molecule has 2 atom stereocenters. The molecule has 0 saturated carbocycles. The molecule has 4 nitrogen and oxygen atoms in total. The maximum atomic E-state index is 10.2. The third kappa shape index (κ3) is 5.21. The Labute approximate surface area is 73.3 Å². The van der Waals surface area contributed by atoms with Gasteiger partial charge < -0.3 is 5.11 Å². The van der Waals surface area contributed by atoms with Crippen LogP contribution in [0, 0.1) is 4.91 Å². The van der Waals surface area contributed by atoms with E-state index in [0.29, 0.717) is 12.8 Å². The van der Waals surface area contributed by atoms with Crippen molar-refractivity contribution in [3.8, 4) is 0 Å². The first-order valence-electron chi connectivity index (χ1n) is 4.51. The zero-order chi connectivity index (χ0) is 9.40. The quantitative estimate of drug-likeness (QED) is 0.455. The van der Waals surface area contributed by atoms with E-state index in [9.17, 15) is 10.0 Å². The molecule has 0 aliphatic heterocycles. The van der Waals surface area contributed by atoms with Gasteiger partial charge in [-0.25, -0.2) is 0 Å². The van der Waals surface area contributed by atoms with Crippen molar-refractivity contribution in [3.05, 3.63) is 4.91 Å². The Balaban J connectivity index is 3.60.